The number of pyridine rings is 3. The Labute approximate surface area is 167 Å². The number of hydrogen-bond donors (Lipinski definition) is 1. The molecule has 29 heavy (non-hydrogen) atoms. The van der Waals surface area contributed by atoms with Crippen molar-refractivity contribution in [1.82, 2.24) is 15.0 Å². The molecule has 3 aromatic rings. The highest BCUT2D eigenvalue weighted by Crippen LogP contribution is 2.39. The summed E-state index contributed by atoms with van der Waals surface area (Å²) in [4.78, 5) is 29.9. The van der Waals surface area contributed by atoms with Crippen LogP contribution in [0.25, 0.3) is 11.3 Å². The molecule has 0 saturated carbocycles. The summed E-state index contributed by atoms with van der Waals surface area (Å²) in [6, 6.07) is 8.54. The molecule has 2 bridgehead atoms. The van der Waals surface area contributed by atoms with Crippen LogP contribution in [-0.2, 0) is 0 Å². The van der Waals surface area contributed by atoms with Crippen LogP contribution < -0.4 is 15.1 Å². The van der Waals surface area contributed by atoms with E-state index in [9.17, 15) is 9.18 Å². The molecule has 0 unspecified atom stereocenters. The molecule has 0 radical (unpaired) electrons. The molecular formula is C21H19FN6O. The van der Waals surface area contributed by atoms with Gasteiger partial charge in [-0.1, -0.05) is 0 Å². The van der Waals surface area contributed by atoms with Crippen molar-refractivity contribution in [2.45, 2.75) is 18.9 Å². The maximum Gasteiger partial charge on any atom is 0.327 e. The molecule has 7 nitrogen and oxygen atoms in total. The van der Waals surface area contributed by atoms with Crippen molar-refractivity contribution < 1.29 is 9.18 Å². The van der Waals surface area contributed by atoms with Crippen molar-refractivity contribution in [3.63, 3.8) is 0 Å². The van der Waals surface area contributed by atoms with Crippen LogP contribution in [-0.4, -0.2) is 40.1 Å². The predicted molar refractivity (Wildman–Crippen MR) is 108 cm³/mol. The Morgan fingerprint density at radius 3 is 2.62 bits per heavy atom. The Bertz CT molecular complexity index is 1050. The van der Waals surface area contributed by atoms with E-state index in [-0.39, 0.29) is 12.1 Å². The first-order chi connectivity index (χ1) is 14.2. The number of fused-ring (bicyclic) bond motifs is 2. The molecule has 0 spiro atoms. The predicted octanol–water partition coefficient (Wildman–Crippen LogP) is 3.70. The summed E-state index contributed by atoms with van der Waals surface area (Å²) in [5.41, 5.74) is 2.76. The average molecular weight is 390 g/mol. The zero-order valence-corrected chi connectivity index (χ0v) is 15.6. The second-order valence-electron chi connectivity index (χ2n) is 7.19. The van der Waals surface area contributed by atoms with Gasteiger partial charge in [0, 0.05) is 49.0 Å². The summed E-state index contributed by atoms with van der Waals surface area (Å²) >= 11 is 0. The number of carbonyl (C=O) groups excluding carboxylic acids is 1. The minimum absolute atomic E-state index is 0.0581. The first-order valence-corrected chi connectivity index (χ1v) is 9.56. The first kappa shape index (κ1) is 17.5. The van der Waals surface area contributed by atoms with Crippen LogP contribution in [0.15, 0.2) is 55.1 Å². The molecule has 1 fully saturated rings. The summed E-state index contributed by atoms with van der Waals surface area (Å²) in [5, 5.41) is 2.95. The lowest BCUT2D eigenvalue weighted by Crippen LogP contribution is -2.46. The van der Waals surface area contributed by atoms with Gasteiger partial charge in [-0.15, -0.1) is 0 Å². The maximum absolute atomic E-state index is 13.7. The lowest BCUT2D eigenvalue weighted by Gasteiger charge is -2.31. The normalized spacial score (nSPS) is 15.8. The summed E-state index contributed by atoms with van der Waals surface area (Å²) in [7, 11) is 0. The minimum Gasteiger partial charge on any atom is -0.368 e. The molecule has 3 aliphatic heterocycles. The van der Waals surface area contributed by atoms with Crippen LogP contribution in [0.5, 0.6) is 0 Å². The van der Waals surface area contributed by atoms with Gasteiger partial charge in [0.15, 0.2) is 5.82 Å². The van der Waals surface area contributed by atoms with Crippen LogP contribution in [0.3, 0.4) is 0 Å². The van der Waals surface area contributed by atoms with Crippen LogP contribution >= 0.6 is 0 Å². The largest absolute Gasteiger partial charge is 0.368 e. The first-order valence-electron chi connectivity index (χ1n) is 9.56. The van der Waals surface area contributed by atoms with E-state index in [2.05, 4.69) is 20.2 Å². The van der Waals surface area contributed by atoms with E-state index in [1.54, 1.807) is 35.6 Å². The van der Waals surface area contributed by atoms with Crippen molar-refractivity contribution in [1.29, 1.82) is 0 Å². The second-order valence-corrected chi connectivity index (χ2v) is 7.19. The van der Waals surface area contributed by atoms with Gasteiger partial charge in [-0.25, -0.2) is 14.2 Å². The van der Waals surface area contributed by atoms with Gasteiger partial charge < -0.3 is 10.2 Å². The van der Waals surface area contributed by atoms with Crippen molar-refractivity contribution in [2.75, 3.05) is 28.2 Å². The number of hydrogen-bond acceptors (Lipinski definition) is 5. The van der Waals surface area contributed by atoms with Gasteiger partial charge in [0.2, 0.25) is 0 Å². The van der Waals surface area contributed by atoms with Crippen molar-refractivity contribution in [2.24, 2.45) is 0 Å². The lowest BCUT2D eigenvalue weighted by atomic mass is 10.1. The van der Waals surface area contributed by atoms with Crippen LogP contribution in [0, 0.1) is 5.82 Å². The Morgan fingerprint density at radius 2 is 1.86 bits per heavy atom. The average Bonchev–Trinajstić information content (AvgIpc) is 3.00. The van der Waals surface area contributed by atoms with E-state index in [0.717, 1.165) is 37.8 Å². The fraction of sp³-hybridized carbons (Fsp3) is 0.238. The molecule has 0 atom stereocenters. The highest BCUT2D eigenvalue weighted by molar-refractivity contribution is 6.04. The molecule has 8 heteroatoms. The second kappa shape index (κ2) is 7.12. The fourth-order valence-electron chi connectivity index (χ4n) is 4.00. The number of amides is 2. The maximum atomic E-state index is 13.7. The van der Waals surface area contributed by atoms with Crippen molar-refractivity contribution >= 4 is 23.2 Å². The van der Waals surface area contributed by atoms with Crippen LogP contribution in [0.1, 0.15) is 12.8 Å². The lowest BCUT2D eigenvalue weighted by molar-refractivity contribution is 0.253. The molecule has 6 heterocycles. The van der Waals surface area contributed by atoms with Crippen LogP contribution in [0.4, 0.5) is 26.4 Å². The third-order valence-electron chi connectivity index (χ3n) is 5.40. The van der Waals surface area contributed by atoms with Gasteiger partial charge in [0.05, 0.1) is 17.6 Å². The third kappa shape index (κ3) is 3.26. The Kier molecular flexibility index (Phi) is 4.31. The SMILES string of the molecule is O=C(Nc1ccncc1)N1c2nc(-c3cncc(F)c3)ccc2N2CCC1CC2. The molecule has 0 aromatic carbocycles. The third-order valence-corrected chi connectivity index (χ3v) is 5.40. The van der Waals surface area contributed by atoms with E-state index in [4.69, 9.17) is 4.98 Å². The molecule has 1 N–H and O–H groups in total. The Hall–Kier alpha value is -3.55. The number of urea groups is 1. The monoisotopic (exact) mass is 390 g/mol. The number of nitrogens with zero attached hydrogens (tertiary/aromatic N) is 5. The molecule has 6 rings (SSSR count). The highest BCUT2D eigenvalue weighted by atomic mass is 19.1. The molecule has 0 aliphatic carbocycles. The van der Waals surface area contributed by atoms with E-state index < -0.39 is 5.82 Å². The number of aromatic nitrogens is 3. The summed E-state index contributed by atoms with van der Waals surface area (Å²) in [6.45, 7) is 1.75. The van der Waals surface area contributed by atoms with E-state index in [1.807, 2.05) is 12.1 Å². The number of halogens is 1. The zero-order valence-electron chi connectivity index (χ0n) is 15.6. The van der Waals surface area contributed by atoms with Crippen LogP contribution in [0.2, 0.25) is 0 Å². The Balaban J connectivity index is 1.57. The topological polar surface area (TPSA) is 74.2 Å². The standard InChI is InChI=1S/C21H19FN6O/c22-15-11-14(12-24-13-15)18-1-2-19-20(26-18)28(17-5-9-27(19)10-6-17)21(29)25-16-3-7-23-8-4-16/h1-4,7-8,11-13,17H,5-6,9-10H2,(H,23,25,29). The molecular weight excluding hydrogens is 371 g/mol. The van der Waals surface area contributed by atoms with Gasteiger partial charge in [0.25, 0.3) is 0 Å². The molecule has 2 amide bonds. The number of nitrogens with one attached hydrogen (secondary N) is 1. The van der Waals surface area contributed by atoms with Gasteiger partial charge in [-0.05, 0) is 43.2 Å². The smallest absolute Gasteiger partial charge is 0.327 e. The fourth-order valence-corrected chi connectivity index (χ4v) is 4.00. The summed E-state index contributed by atoms with van der Waals surface area (Å²) in [6.07, 6.45) is 7.75. The molecule has 1 saturated heterocycles. The molecule has 146 valence electrons. The summed E-state index contributed by atoms with van der Waals surface area (Å²) < 4.78 is 13.7. The quantitative estimate of drug-likeness (QED) is 0.722. The van der Waals surface area contributed by atoms with Gasteiger partial charge in [-0.3, -0.25) is 14.9 Å². The van der Waals surface area contributed by atoms with Crippen molar-refractivity contribution in [3.8, 4) is 11.3 Å². The number of anilines is 3. The number of carbonyl (C=O) groups is 1. The number of rotatable bonds is 2. The van der Waals surface area contributed by atoms with E-state index >= 15 is 0 Å². The van der Waals surface area contributed by atoms with Gasteiger partial charge >= 0.3 is 6.03 Å². The van der Waals surface area contributed by atoms with E-state index in [0.29, 0.717) is 22.8 Å². The minimum atomic E-state index is -0.421. The van der Waals surface area contributed by atoms with Gasteiger partial charge in [-0.2, -0.15) is 0 Å². The Morgan fingerprint density at radius 1 is 1.07 bits per heavy atom. The molecule has 3 aromatic heterocycles. The zero-order chi connectivity index (χ0) is 19.8. The molecule has 3 aliphatic rings. The summed E-state index contributed by atoms with van der Waals surface area (Å²) in [5.74, 6) is 0.175. The van der Waals surface area contributed by atoms with Crippen molar-refractivity contribution in [3.05, 3.63) is 60.9 Å². The van der Waals surface area contributed by atoms with Gasteiger partial charge in [0.1, 0.15) is 5.82 Å². The number of piperidine rings is 1. The highest BCUT2D eigenvalue weighted by Gasteiger charge is 2.37. The van der Waals surface area contributed by atoms with E-state index in [1.165, 1.54) is 6.07 Å².